The van der Waals surface area contributed by atoms with Crippen molar-refractivity contribution >= 4 is 0 Å². The number of hydrogen-bond acceptors (Lipinski definition) is 2. The van der Waals surface area contributed by atoms with Crippen LogP contribution >= 0.6 is 0 Å². The fourth-order valence-electron chi connectivity index (χ4n) is 4.51. The van der Waals surface area contributed by atoms with Crippen LogP contribution in [-0.2, 0) is 23.2 Å². The third-order valence-corrected chi connectivity index (χ3v) is 5.87. The van der Waals surface area contributed by atoms with Crippen molar-refractivity contribution in [2.24, 2.45) is 0 Å². The van der Waals surface area contributed by atoms with E-state index in [1.54, 1.807) is 0 Å². The number of hydrogen-bond donors (Lipinski definition) is 1. The maximum atomic E-state index is 6.11. The van der Waals surface area contributed by atoms with Gasteiger partial charge in [-0.05, 0) is 48.6 Å². The second-order valence-electron chi connectivity index (χ2n) is 7.89. The summed E-state index contributed by atoms with van der Waals surface area (Å²) < 4.78 is 6.11. The van der Waals surface area contributed by atoms with E-state index in [4.69, 9.17) is 4.74 Å². The van der Waals surface area contributed by atoms with Gasteiger partial charge in [-0.15, -0.1) is 0 Å². The number of nitrogens with one attached hydrogen (secondary N) is 1. The highest BCUT2D eigenvalue weighted by Crippen LogP contribution is 2.41. The monoisotopic (exact) mass is 371 g/mol. The van der Waals surface area contributed by atoms with Crippen molar-refractivity contribution in [2.45, 2.75) is 37.8 Å². The van der Waals surface area contributed by atoms with Crippen LogP contribution in [0.5, 0.6) is 0 Å². The Kier molecular flexibility index (Phi) is 5.90. The molecule has 2 nitrogen and oxygen atoms in total. The topological polar surface area (TPSA) is 21.3 Å². The van der Waals surface area contributed by atoms with Gasteiger partial charge in [0.25, 0.3) is 0 Å². The molecule has 0 fully saturated rings. The van der Waals surface area contributed by atoms with Crippen molar-refractivity contribution in [3.05, 3.63) is 107 Å². The minimum Gasteiger partial charge on any atom is -0.375 e. The van der Waals surface area contributed by atoms with Crippen LogP contribution in [-0.4, -0.2) is 19.2 Å². The molecule has 0 amide bonds. The van der Waals surface area contributed by atoms with Crippen molar-refractivity contribution in [1.29, 1.82) is 0 Å². The van der Waals surface area contributed by atoms with Crippen molar-refractivity contribution < 1.29 is 4.74 Å². The molecule has 0 saturated carbocycles. The van der Waals surface area contributed by atoms with Gasteiger partial charge in [-0.2, -0.15) is 0 Å². The van der Waals surface area contributed by atoms with Crippen LogP contribution in [0.3, 0.4) is 0 Å². The summed E-state index contributed by atoms with van der Waals surface area (Å²) in [7, 11) is 0. The zero-order valence-corrected chi connectivity index (χ0v) is 16.6. The number of fused-ring (bicyclic) bond motifs is 1. The van der Waals surface area contributed by atoms with Crippen LogP contribution in [0.2, 0.25) is 0 Å². The highest BCUT2D eigenvalue weighted by atomic mass is 16.5. The average Bonchev–Trinajstić information content (AvgIpc) is 2.75. The first kappa shape index (κ1) is 18.9. The molecule has 3 aromatic rings. The lowest BCUT2D eigenvalue weighted by atomic mass is 9.68. The summed E-state index contributed by atoms with van der Waals surface area (Å²) in [6, 6.07) is 30.7. The molecule has 28 heavy (non-hydrogen) atoms. The van der Waals surface area contributed by atoms with Crippen molar-refractivity contribution in [2.75, 3.05) is 13.2 Å². The predicted octanol–water partition coefficient (Wildman–Crippen LogP) is 5.11. The lowest BCUT2D eigenvalue weighted by Gasteiger charge is -2.41. The first-order valence-corrected chi connectivity index (χ1v) is 10.3. The fourth-order valence-corrected chi connectivity index (χ4v) is 4.51. The molecule has 0 aromatic heterocycles. The van der Waals surface area contributed by atoms with Crippen LogP contribution in [0.15, 0.2) is 84.9 Å². The van der Waals surface area contributed by atoms with Gasteiger partial charge in [0.05, 0.1) is 13.2 Å². The highest BCUT2D eigenvalue weighted by molar-refractivity contribution is 5.45. The minimum absolute atomic E-state index is 0.102. The van der Waals surface area contributed by atoms with E-state index in [0.29, 0.717) is 12.6 Å². The Morgan fingerprint density at radius 2 is 1.57 bits per heavy atom. The predicted molar refractivity (Wildman–Crippen MR) is 116 cm³/mol. The zero-order chi connectivity index (χ0) is 19.2. The molecule has 1 heterocycles. The van der Waals surface area contributed by atoms with Gasteiger partial charge < -0.3 is 10.1 Å². The largest absolute Gasteiger partial charge is 0.375 e. The second-order valence-corrected chi connectivity index (χ2v) is 7.89. The molecule has 2 heteroatoms. The first-order chi connectivity index (χ1) is 13.8. The van der Waals surface area contributed by atoms with Crippen LogP contribution < -0.4 is 5.32 Å². The molecule has 0 saturated heterocycles. The Hall–Kier alpha value is -2.42. The second kappa shape index (κ2) is 8.72. The first-order valence-electron chi connectivity index (χ1n) is 10.3. The summed E-state index contributed by atoms with van der Waals surface area (Å²) in [5.41, 5.74) is 5.36. The summed E-state index contributed by atoms with van der Waals surface area (Å²) >= 11 is 0. The van der Waals surface area contributed by atoms with E-state index in [2.05, 4.69) is 97.2 Å². The summed E-state index contributed by atoms with van der Waals surface area (Å²) in [5, 5.41) is 3.75. The molecule has 144 valence electrons. The molecule has 1 N–H and O–H groups in total. The molecule has 3 aromatic carbocycles. The van der Waals surface area contributed by atoms with E-state index >= 15 is 0 Å². The van der Waals surface area contributed by atoms with Crippen molar-refractivity contribution in [3.8, 4) is 0 Å². The molecule has 0 spiro atoms. The van der Waals surface area contributed by atoms with E-state index < -0.39 is 0 Å². The molecule has 2 unspecified atom stereocenters. The van der Waals surface area contributed by atoms with Gasteiger partial charge in [0.15, 0.2) is 0 Å². The van der Waals surface area contributed by atoms with Crippen molar-refractivity contribution in [1.82, 2.24) is 5.32 Å². The Balaban J connectivity index is 1.54. The molecular weight excluding hydrogens is 342 g/mol. The maximum Gasteiger partial charge on any atom is 0.0720 e. The van der Waals surface area contributed by atoms with Gasteiger partial charge in [0.2, 0.25) is 0 Å². The lowest BCUT2D eigenvalue weighted by molar-refractivity contribution is 0.0587. The van der Waals surface area contributed by atoms with Gasteiger partial charge in [-0.3, -0.25) is 0 Å². The van der Waals surface area contributed by atoms with Crippen LogP contribution in [0.4, 0.5) is 0 Å². The third-order valence-electron chi connectivity index (χ3n) is 5.87. The van der Waals surface area contributed by atoms with Gasteiger partial charge >= 0.3 is 0 Å². The summed E-state index contributed by atoms with van der Waals surface area (Å²) in [5.74, 6) is 0. The molecule has 1 aliphatic heterocycles. The van der Waals surface area contributed by atoms with E-state index in [1.165, 1.54) is 22.3 Å². The molecule has 2 atom stereocenters. The zero-order valence-electron chi connectivity index (χ0n) is 16.6. The molecule has 0 aliphatic carbocycles. The molecule has 0 bridgehead atoms. The SMILES string of the molecule is CC(CC1(c2ccccc2)COCc2ccccc21)NCCc1ccccc1. The van der Waals surface area contributed by atoms with Crippen molar-refractivity contribution in [3.63, 3.8) is 0 Å². The van der Waals surface area contributed by atoms with E-state index in [9.17, 15) is 0 Å². The Labute approximate surface area is 168 Å². The van der Waals surface area contributed by atoms with Crippen LogP contribution in [0.1, 0.15) is 35.6 Å². The number of benzene rings is 3. The van der Waals surface area contributed by atoms with Gasteiger partial charge in [-0.1, -0.05) is 84.9 Å². The normalized spacial score (nSPS) is 19.8. The van der Waals surface area contributed by atoms with Crippen LogP contribution in [0, 0.1) is 0 Å². The molecule has 0 radical (unpaired) electrons. The number of ether oxygens (including phenoxy) is 1. The van der Waals surface area contributed by atoms with E-state index in [1.807, 2.05) is 0 Å². The fraction of sp³-hybridized carbons (Fsp3) is 0.308. The Morgan fingerprint density at radius 3 is 2.36 bits per heavy atom. The minimum atomic E-state index is -0.102. The highest BCUT2D eigenvalue weighted by Gasteiger charge is 2.39. The quantitative estimate of drug-likeness (QED) is 0.623. The third kappa shape index (κ3) is 4.04. The molecule has 4 rings (SSSR count). The van der Waals surface area contributed by atoms with Gasteiger partial charge in [-0.25, -0.2) is 0 Å². The summed E-state index contributed by atoms with van der Waals surface area (Å²) in [6.45, 7) is 4.73. The summed E-state index contributed by atoms with van der Waals surface area (Å²) in [4.78, 5) is 0. The van der Waals surface area contributed by atoms with E-state index in [-0.39, 0.29) is 5.41 Å². The Bertz CT molecular complexity index is 877. The van der Waals surface area contributed by atoms with Gasteiger partial charge in [0.1, 0.15) is 0 Å². The summed E-state index contributed by atoms with van der Waals surface area (Å²) in [6.07, 6.45) is 2.07. The average molecular weight is 372 g/mol. The maximum absolute atomic E-state index is 6.11. The van der Waals surface area contributed by atoms with Gasteiger partial charge in [0, 0.05) is 11.5 Å². The van der Waals surface area contributed by atoms with Crippen LogP contribution in [0.25, 0.3) is 0 Å². The lowest BCUT2D eigenvalue weighted by Crippen LogP contribution is -2.43. The molecular formula is C26H29NO. The van der Waals surface area contributed by atoms with E-state index in [0.717, 1.165) is 26.0 Å². The smallest absolute Gasteiger partial charge is 0.0720 e. The Morgan fingerprint density at radius 1 is 0.893 bits per heavy atom. The standard InChI is InChI=1S/C26H29NO/c1-21(27-17-16-22-10-4-2-5-11-22)18-26(24-13-6-3-7-14-24)20-28-19-23-12-8-9-15-25(23)26/h2-15,21,27H,16-20H2,1H3. The number of rotatable bonds is 7. The molecule has 1 aliphatic rings.